The number of unbranched alkanes of at least 4 members (excludes halogenated alkanes) is 3. The number of esters is 1. The monoisotopic (exact) mass is 396 g/mol. The van der Waals surface area contributed by atoms with Gasteiger partial charge in [-0.25, -0.2) is 0 Å². The quantitative estimate of drug-likeness (QED) is 0.328. The molecule has 4 rings (SSSR count). The Morgan fingerprint density at radius 2 is 1.83 bits per heavy atom. The number of benzene rings is 1. The third kappa shape index (κ3) is 2.58. The second kappa shape index (κ2) is 6.36. The molecule has 3 heteroatoms. The highest BCUT2D eigenvalue weighted by molar-refractivity contribution is 6.03. The van der Waals surface area contributed by atoms with Crippen LogP contribution in [0, 0.1) is 16.2 Å². The van der Waals surface area contributed by atoms with Gasteiger partial charge in [-0.2, -0.15) is 0 Å². The van der Waals surface area contributed by atoms with Crippen LogP contribution in [-0.2, 0) is 10.2 Å². The van der Waals surface area contributed by atoms with Crippen LogP contribution in [0.1, 0.15) is 97.6 Å². The molecule has 0 amide bonds. The van der Waals surface area contributed by atoms with Gasteiger partial charge >= 0.3 is 5.97 Å². The van der Waals surface area contributed by atoms with Gasteiger partial charge in [0.05, 0.1) is 11.0 Å². The van der Waals surface area contributed by atoms with Crippen molar-refractivity contribution in [3.05, 3.63) is 29.3 Å². The van der Waals surface area contributed by atoms with E-state index in [0.717, 1.165) is 36.0 Å². The highest BCUT2D eigenvalue weighted by Crippen LogP contribution is 2.75. The lowest BCUT2D eigenvalue weighted by Gasteiger charge is -2.43. The van der Waals surface area contributed by atoms with Gasteiger partial charge in [-0.3, -0.25) is 4.79 Å². The fourth-order valence-electron chi connectivity index (χ4n) is 6.15. The minimum Gasteiger partial charge on any atom is -0.507 e. The zero-order valence-corrected chi connectivity index (χ0v) is 18.9. The molecule has 1 aromatic rings. The summed E-state index contributed by atoms with van der Waals surface area (Å²) < 4.78 is 5.97. The average Bonchev–Trinajstić information content (AvgIpc) is 2.95. The Hall–Kier alpha value is -1.77. The molecule has 1 N–H and O–H groups in total. The molecule has 2 aliphatic carbocycles. The Kier molecular flexibility index (Phi) is 4.50. The maximum atomic E-state index is 13.3. The Labute approximate surface area is 175 Å². The predicted molar refractivity (Wildman–Crippen MR) is 117 cm³/mol. The van der Waals surface area contributed by atoms with Crippen molar-refractivity contribution in [3.8, 4) is 11.5 Å². The molecule has 0 saturated heterocycles. The lowest BCUT2D eigenvalue weighted by Crippen LogP contribution is -2.46. The van der Waals surface area contributed by atoms with Crippen molar-refractivity contribution in [1.29, 1.82) is 0 Å². The first-order chi connectivity index (χ1) is 13.5. The molecule has 0 unspecified atom stereocenters. The van der Waals surface area contributed by atoms with Gasteiger partial charge in [-0.05, 0) is 58.8 Å². The second-order valence-electron chi connectivity index (χ2n) is 11.0. The van der Waals surface area contributed by atoms with Gasteiger partial charge in [-0.1, -0.05) is 73.3 Å². The Morgan fingerprint density at radius 1 is 1.10 bits per heavy atom. The van der Waals surface area contributed by atoms with Gasteiger partial charge in [-0.15, -0.1) is 0 Å². The first-order valence-corrected chi connectivity index (χ1v) is 11.3. The fraction of sp³-hybridized carbons (Fsp3) is 0.654. The third-order valence-electron chi connectivity index (χ3n) is 8.78. The standard InChI is InChI=1S/C26H36O3/c1-7-8-9-10-11-23(2,3)17-14-19(27)21-18-16-25(6)12-13-26(18,24(25,4)5)22(28)29-20(21)15-17/h14-16,27H,7-13H2,1-6H3/t25-,26+/m1/s1. The third-order valence-corrected chi connectivity index (χ3v) is 8.78. The van der Waals surface area contributed by atoms with Crippen molar-refractivity contribution in [2.24, 2.45) is 16.2 Å². The van der Waals surface area contributed by atoms with E-state index in [-0.39, 0.29) is 28.0 Å². The van der Waals surface area contributed by atoms with E-state index in [1.54, 1.807) is 0 Å². The van der Waals surface area contributed by atoms with Gasteiger partial charge < -0.3 is 9.84 Å². The lowest BCUT2D eigenvalue weighted by molar-refractivity contribution is -0.148. The van der Waals surface area contributed by atoms with Crippen LogP contribution in [-0.4, -0.2) is 11.1 Å². The number of aromatic hydroxyl groups is 1. The Balaban J connectivity index is 1.74. The molecule has 1 fully saturated rings. The van der Waals surface area contributed by atoms with E-state index in [4.69, 9.17) is 4.74 Å². The summed E-state index contributed by atoms with van der Waals surface area (Å²) in [5.74, 6) is 0.652. The van der Waals surface area contributed by atoms with Crippen molar-refractivity contribution >= 4 is 11.5 Å². The molecule has 3 aliphatic rings. The molecular weight excluding hydrogens is 360 g/mol. The smallest absolute Gasteiger partial charge is 0.322 e. The maximum Gasteiger partial charge on any atom is 0.322 e. The summed E-state index contributed by atoms with van der Waals surface area (Å²) in [6, 6.07) is 3.91. The molecule has 1 heterocycles. The normalized spacial score (nSPS) is 29.3. The minimum absolute atomic E-state index is 0.0490. The number of phenolic OH excluding ortho intramolecular Hbond substituents is 1. The number of rotatable bonds is 6. The first-order valence-electron chi connectivity index (χ1n) is 11.3. The van der Waals surface area contributed by atoms with Gasteiger partial charge in [0.25, 0.3) is 0 Å². The molecule has 1 aliphatic heterocycles. The molecule has 0 radical (unpaired) electrons. The molecule has 29 heavy (non-hydrogen) atoms. The zero-order chi connectivity index (χ0) is 21.2. The largest absolute Gasteiger partial charge is 0.507 e. The lowest BCUT2D eigenvalue weighted by atomic mass is 9.61. The summed E-state index contributed by atoms with van der Waals surface area (Å²) in [6.45, 7) is 13.3. The summed E-state index contributed by atoms with van der Waals surface area (Å²) in [4.78, 5) is 13.3. The molecular formula is C26H36O3. The molecule has 2 bridgehead atoms. The van der Waals surface area contributed by atoms with Crippen molar-refractivity contribution in [3.63, 3.8) is 0 Å². The van der Waals surface area contributed by atoms with Crippen LogP contribution < -0.4 is 4.74 Å². The van der Waals surface area contributed by atoms with E-state index in [1.807, 2.05) is 12.1 Å². The van der Waals surface area contributed by atoms with E-state index in [0.29, 0.717) is 5.75 Å². The molecule has 3 nitrogen and oxygen atoms in total. The van der Waals surface area contributed by atoms with Crippen LogP contribution in [0.5, 0.6) is 11.5 Å². The number of hydrogen-bond donors (Lipinski definition) is 1. The minimum atomic E-state index is -0.635. The van der Waals surface area contributed by atoms with Crippen LogP contribution in [0.15, 0.2) is 18.2 Å². The molecule has 2 atom stereocenters. The topological polar surface area (TPSA) is 46.5 Å². The van der Waals surface area contributed by atoms with Gasteiger partial charge in [0.15, 0.2) is 0 Å². The predicted octanol–water partition coefficient (Wildman–Crippen LogP) is 6.77. The summed E-state index contributed by atoms with van der Waals surface area (Å²) in [5, 5.41) is 11.1. The molecule has 158 valence electrons. The Bertz CT molecular complexity index is 891. The van der Waals surface area contributed by atoms with Gasteiger partial charge in [0, 0.05) is 0 Å². The van der Waals surface area contributed by atoms with Crippen molar-refractivity contribution in [2.45, 2.75) is 91.9 Å². The fourth-order valence-corrected chi connectivity index (χ4v) is 6.15. The van der Waals surface area contributed by atoms with E-state index >= 15 is 0 Å². The van der Waals surface area contributed by atoms with Crippen LogP contribution >= 0.6 is 0 Å². The number of hydrogen-bond acceptors (Lipinski definition) is 3. The van der Waals surface area contributed by atoms with E-state index < -0.39 is 5.41 Å². The van der Waals surface area contributed by atoms with E-state index in [2.05, 4.69) is 47.6 Å². The second-order valence-corrected chi connectivity index (χ2v) is 11.0. The molecule has 1 saturated carbocycles. The number of ether oxygens (including phenoxy) is 1. The SMILES string of the molecule is CCCCCCC(C)(C)c1cc(O)c2c(c1)OC(=O)[C@]13CC[C@](C)(C=C21)C3(C)C. The van der Waals surface area contributed by atoms with Crippen molar-refractivity contribution in [1.82, 2.24) is 0 Å². The molecule has 1 spiro atoms. The maximum absolute atomic E-state index is 13.3. The van der Waals surface area contributed by atoms with Crippen LogP contribution in [0.25, 0.3) is 5.57 Å². The average molecular weight is 397 g/mol. The van der Waals surface area contributed by atoms with E-state index in [1.165, 1.54) is 25.7 Å². The first kappa shape index (κ1) is 20.5. The molecule has 0 aromatic heterocycles. The van der Waals surface area contributed by atoms with Crippen molar-refractivity contribution in [2.75, 3.05) is 0 Å². The summed E-state index contributed by atoms with van der Waals surface area (Å²) in [5.41, 5.74) is 1.81. The summed E-state index contributed by atoms with van der Waals surface area (Å²) >= 11 is 0. The number of allylic oxidation sites excluding steroid dienone is 1. The zero-order valence-electron chi connectivity index (χ0n) is 18.9. The number of carbonyl (C=O) groups excluding carboxylic acids is 1. The van der Waals surface area contributed by atoms with Gasteiger partial charge in [0.1, 0.15) is 11.5 Å². The van der Waals surface area contributed by atoms with Gasteiger partial charge in [0.2, 0.25) is 0 Å². The van der Waals surface area contributed by atoms with Crippen LogP contribution in [0.2, 0.25) is 0 Å². The molecule has 1 aromatic carbocycles. The number of carbonyl (C=O) groups is 1. The number of phenols is 1. The Morgan fingerprint density at radius 3 is 2.48 bits per heavy atom. The number of fused-ring (bicyclic) bond motifs is 3. The van der Waals surface area contributed by atoms with Crippen molar-refractivity contribution < 1.29 is 14.6 Å². The van der Waals surface area contributed by atoms with Crippen LogP contribution in [0.4, 0.5) is 0 Å². The summed E-state index contributed by atoms with van der Waals surface area (Å²) in [7, 11) is 0. The van der Waals surface area contributed by atoms with Crippen LogP contribution in [0.3, 0.4) is 0 Å². The highest BCUT2D eigenvalue weighted by Gasteiger charge is 2.71. The highest BCUT2D eigenvalue weighted by atomic mass is 16.5. The van der Waals surface area contributed by atoms with E-state index in [9.17, 15) is 9.90 Å². The summed E-state index contributed by atoms with van der Waals surface area (Å²) in [6.07, 6.45) is 9.97.